The molecule has 1 atom stereocenters. The molecular weight excluding hydrogens is 269 g/mol. The molecule has 6 nitrogen and oxygen atoms in total. The topological polar surface area (TPSA) is 91.0 Å². The maximum absolute atomic E-state index is 13.5. The summed E-state index contributed by atoms with van der Waals surface area (Å²) in [6.45, 7) is -0.321. The van der Waals surface area contributed by atoms with Crippen molar-refractivity contribution in [2.24, 2.45) is 5.73 Å². The zero-order valence-corrected chi connectivity index (χ0v) is 11.0. The van der Waals surface area contributed by atoms with Crippen molar-refractivity contribution >= 4 is 6.09 Å². The largest absolute Gasteiger partial charge is 0.480 e. The number of hydrogen-bond acceptors (Lipinski definition) is 5. The molecule has 1 aromatic carbocycles. The van der Waals surface area contributed by atoms with Crippen LogP contribution in [-0.2, 0) is 22.5 Å². The standard InChI is InChI=1S/C13H16FNO5/c1-18-6-13(7-19-12(15)17)4-8-2-10(14)3-9(5-16)11(8)20-13/h2-3,16H,4-7H2,1H3,(H2,15,17). The Morgan fingerprint density at radius 3 is 2.90 bits per heavy atom. The van der Waals surface area contributed by atoms with Gasteiger partial charge in [0.1, 0.15) is 18.2 Å². The van der Waals surface area contributed by atoms with E-state index < -0.39 is 17.5 Å². The number of methoxy groups -OCH3 is 1. The Morgan fingerprint density at radius 2 is 2.30 bits per heavy atom. The highest BCUT2D eigenvalue weighted by atomic mass is 19.1. The van der Waals surface area contributed by atoms with Gasteiger partial charge >= 0.3 is 6.09 Å². The molecule has 1 amide bonds. The fourth-order valence-corrected chi connectivity index (χ4v) is 2.36. The predicted molar refractivity (Wildman–Crippen MR) is 66.8 cm³/mol. The minimum atomic E-state index is -0.955. The molecule has 1 unspecified atom stereocenters. The van der Waals surface area contributed by atoms with E-state index in [1.54, 1.807) is 0 Å². The lowest BCUT2D eigenvalue weighted by Gasteiger charge is -2.27. The number of amides is 1. The Morgan fingerprint density at radius 1 is 1.55 bits per heavy atom. The van der Waals surface area contributed by atoms with Gasteiger partial charge in [0.25, 0.3) is 0 Å². The first-order chi connectivity index (χ1) is 9.49. The van der Waals surface area contributed by atoms with Crippen molar-refractivity contribution in [3.8, 4) is 5.75 Å². The summed E-state index contributed by atoms with van der Waals surface area (Å²) in [6.07, 6.45) is -0.623. The molecule has 0 fully saturated rings. The number of aliphatic hydroxyl groups is 1. The average molecular weight is 285 g/mol. The van der Waals surface area contributed by atoms with Gasteiger partial charge in [0.15, 0.2) is 5.60 Å². The van der Waals surface area contributed by atoms with E-state index in [4.69, 9.17) is 19.9 Å². The zero-order chi connectivity index (χ0) is 14.8. The Hall–Kier alpha value is -1.86. The zero-order valence-electron chi connectivity index (χ0n) is 11.0. The molecule has 0 spiro atoms. The van der Waals surface area contributed by atoms with Crippen LogP contribution in [0.15, 0.2) is 12.1 Å². The minimum Gasteiger partial charge on any atom is -0.480 e. The third-order valence-electron chi connectivity index (χ3n) is 3.09. The van der Waals surface area contributed by atoms with Gasteiger partial charge in [-0.1, -0.05) is 0 Å². The van der Waals surface area contributed by atoms with E-state index in [9.17, 15) is 14.3 Å². The van der Waals surface area contributed by atoms with Crippen LogP contribution in [0.5, 0.6) is 5.75 Å². The van der Waals surface area contributed by atoms with Crippen molar-refractivity contribution in [1.29, 1.82) is 0 Å². The first kappa shape index (κ1) is 14.5. The monoisotopic (exact) mass is 285 g/mol. The molecular formula is C13H16FNO5. The van der Waals surface area contributed by atoms with Crippen LogP contribution < -0.4 is 10.5 Å². The van der Waals surface area contributed by atoms with Gasteiger partial charge in [-0.3, -0.25) is 0 Å². The Kier molecular flexibility index (Phi) is 4.10. The Balaban J connectivity index is 2.29. The van der Waals surface area contributed by atoms with Gasteiger partial charge in [0.05, 0.1) is 13.2 Å². The van der Waals surface area contributed by atoms with Crippen molar-refractivity contribution in [2.75, 3.05) is 20.3 Å². The van der Waals surface area contributed by atoms with Gasteiger partial charge in [0, 0.05) is 24.7 Å². The van der Waals surface area contributed by atoms with Crippen molar-refractivity contribution in [1.82, 2.24) is 0 Å². The molecule has 1 aromatic rings. The number of halogens is 1. The van der Waals surface area contributed by atoms with Gasteiger partial charge in [-0.15, -0.1) is 0 Å². The highest BCUT2D eigenvalue weighted by Gasteiger charge is 2.42. The summed E-state index contributed by atoms with van der Waals surface area (Å²) in [5.41, 5.74) is 4.94. The van der Waals surface area contributed by atoms with Gasteiger partial charge in [-0.05, 0) is 12.1 Å². The Bertz CT molecular complexity index is 522. The number of carbonyl (C=O) groups is 1. The van der Waals surface area contributed by atoms with Crippen molar-refractivity contribution in [3.63, 3.8) is 0 Å². The highest BCUT2D eigenvalue weighted by molar-refractivity contribution is 5.64. The molecule has 20 heavy (non-hydrogen) atoms. The lowest BCUT2D eigenvalue weighted by Crippen LogP contribution is -2.45. The third kappa shape index (κ3) is 2.83. The predicted octanol–water partition coefficient (Wildman–Crippen LogP) is 0.733. The van der Waals surface area contributed by atoms with Crippen molar-refractivity contribution in [3.05, 3.63) is 29.1 Å². The fraction of sp³-hybridized carbons (Fsp3) is 0.462. The van der Waals surface area contributed by atoms with Crippen LogP contribution >= 0.6 is 0 Å². The molecule has 2 rings (SSSR count). The summed E-state index contributed by atoms with van der Waals surface area (Å²) < 4.78 is 29.1. The summed E-state index contributed by atoms with van der Waals surface area (Å²) in [4.78, 5) is 10.8. The second-order valence-electron chi connectivity index (χ2n) is 4.71. The van der Waals surface area contributed by atoms with Crippen LogP contribution in [-0.4, -0.2) is 37.1 Å². The SMILES string of the molecule is COCC1(COC(N)=O)Cc2cc(F)cc(CO)c2O1. The molecule has 0 saturated heterocycles. The molecule has 1 aliphatic heterocycles. The van der Waals surface area contributed by atoms with Crippen LogP contribution in [0.2, 0.25) is 0 Å². The molecule has 0 aromatic heterocycles. The number of nitrogens with two attached hydrogens (primary N) is 1. The molecule has 0 bridgehead atoms. The van der Waals surface area contributed by atoms with E-state index in [2.05, 4.69) is 0 Å². The molecule has 0 aliphatic carbocycles. The molecule has 3 N–H and O–H groups in total. The number of carbonyl (C=O) groups excluding carboxylic acids is 1. The summed E-state index contributed by atoms with van der Waals surface area (Å²) in [5.74, 6) is -0.0561. The van der Waals surface area contributed by atoms with Crippen LogP contribution in [0.4, 0.5) is 9.18 Å². The van der Waals surface area contributed by atoms with Crippen LogP contribution in [0.25, 0.3) is 0 Å². The van der Waals surface area contributed by atoms with Crippen LogP contribution in [0.3, 0.4) is 0 Å². The first-order valence-electron chi connectivity index (χ1n) is 6.02. The summed E-state index contributed by atoms with van der Waals surface area (Å²) in [7, 11) is 1.48. The normalized spacial score (nSPS) is 20.4. The second kappa shape index (κ2) is 5.64. The van der Waals surface area contributed by atoms with Gasteiger partial charge in [-0.2, -0.15) is 0 Å². The number of aliphatic hydroxyl groups excluding tert-OH is 1. The van der Waals surface area contributed by atoms with Gasteiger partial charge in [0.2, 0.25) is 0 Å². The molecule has 1 aliphatic rings. The van der Waals surface area contributed by atoms with Crippen LogP contribution in [0.1, 0.15) is 11.1 Å². The van der Waals surface area contributed by atoms with E-state index in [1.807, 2.05) is 0 Å². The quantitative estimate of drug-likeness (QED) is 0.832. The van der Waals surface area contributed by atoms with Gasteiger partial charge in [-0.25, -0.2) is 9.18 Å². The van der Waals surface area contributed by atoms with E-state index in [1.165, 1.54) is 19.2 Å². The number of fused-ring (bicyclic) bond motifs is 1. The molecule has 0 radical (unpaired) electrons. The van der Waals surface area contributed by atoms with E-state index in [0.717, 1.165) is 0 Å². The number of hydrogen-bond donors (Lipinski definition) is 2. The van der Waals surface area contributed by atoms with E-state index in [-0.39, 0.29) is 19.8 Å². The summed E-state index contributed by atoms with van der Waals surface area (Å²) >= 11 is 0. The van der Waals surface area contributed by atoms with Crippen molar-refractivity contribution in [2.45, 2.75) is 18.6 Å². The summed E-state index contributed by atoms with van der Waals surface area (Å²) in [5, 5.41) is 9.26. The lowest BCUT2D eigenvalue weighted by molar-refractivity contribution is -0.0366. The smallest absolute Gasteiger partial charge is 0.404 e. The lowest BCUT2D eigenvalue weighted by atomic mass is 9.98. The van der Waals surface area contributed by atoms with Crippen molar-refractivity contribution < 1.29 is 28.5 Å². The first-order valence-corrected chi connectivity index (χ1v) is 6.02. The molecule has 0 saturated carbocycles. The third-order valence-corrected chi connectivity index (χ3v) is 3.09. The second-order valence-corrected chi connectivity index (χ2v) is 4.71. The van der Waals surface area contributed by atoms with E-state index in [0.29, 0.717) is 23.3 Å². The highest BCUT2D eigenvalue weighted by Crippen LogP contribution is 2.39. The molecule has 110 valence electrons. The number of primary amides is 1. The maximum atomic E-state index is 13.5. The number of ether oxygens (including phenoxy) is 3. The minimum absolute atomic E-state index is 0.114. The Labute approximate surface area is 115 Å². The molecule has 7 heteroatoms. The average Bonchev–Trinajstić information content (AvgIpc) is 2.74. The van der Waals surface area contributed by atoms with E-state index >= 15 is 0 Å². The molecule has 1 heterocycles. The summed E-state index contributed by atoms with van der Waals surface area (Å²) in [6, 6.07) is 2.53. The maximum Gasteiger partial charge on any atom is 0.404 e. The fourth-order valence-electron chi connectivity index (χ4n) is 2.36. The number of rotatable bonds is 5. The van der Waals surface area contributed by atoms with Crippen LogP contribution in [0, 0.1) is 5.82 Å². The number of benzene rings is 1. The van der Waals surface area contributed by atoms with Gasteiger partial charge < -0.3 is 25.1 Å².